The number of benzene rings is 2. The van der Waals surface area contributed by atoms with Crippen molar-refractivity contribution in [2.75, 3.05) is 12.4 Å². The molecule has 1 atom stereocenters. The second-order valence-electron chi connectivity index (χ2n) is 6.98. The summed E-state index contributed by atoms with van der Waals surface area (Å²) >= 11 is 1.38. The number of rotatable bonds is 7. The lowest BCUT2D eigenvalue weighted by molar-refractivity contribution is 0.0925. The van der Waals surface area contributed by atoms with Gasteiger partial charge in [0, 0.05) is 11.3 Å². The Bertz CT molecular complexity index is 949. The summed E-state index contributed by atoms with van der Waals surface area (Å²) in [6.45, 7) is 4.14. The molecule has 0 aliphatic carbocycles. The van der Waals surface area contributed by atoms with E-state index in [9.17, 15) is 9.59 Å². The fourth-order valence-electron chi connectivity index (χ4n) is 2.98. The standard InChI is InChI=1S/C23H24N2O3S/c1-15(2)21(16-8-12-19(28-3)13-9-16)25-22(26)17-6-10-18(11-7-17)24-23(27)20-5-4-14-29-20/h4-15,21H,1-3H3,(H,24,27)(H,25,26). The molecule has 2 N–H and O–H groups in total. The van der Waals surface area contributed by atoms with Gasteiger partial charge in [0.2, 0.25) is 0 Å². The molecule has 0 aliphatic heterocycles. The van der Waals surface area contributed by atoms with E-state index in [4.69, 9.17) is 4.74 Å². The predicted molar refractivity (Wildman–Crippen MR) is 117 cm³/mol. The van der Waals surface area contributed by atoms with Gasteiger partial charge in [-0.05, 0) is 59.3 Å². The maximum absolute atomic E-state index is 12.8. The highest BCUT2D eigenvalue weighted by Gasteiger charge is 2.19. The third-order valence-electron chi connectivity index (χ3n) is 4.58. The maximum Gasteiger partial charge on any atom is 0.265 e. The van der Waals surface area contributed by atoms with Gasteiger partial charge in [0.25, 0.3) is 11.8 Å². The minimum absolute atomic E-state index is 0.119. The summed E-state index contributed by atoms with van der Waals surface area (Å²) in [6, 6.07) is 18.1. The molecule has 1 heterocycles. The number of thiophene rings is 1. The van der Waals surface area contributed by atoms with E-state index < -0.39 is 0 Å². The van der Waals surface area contributed by atoms with Crippen LogP contribution in [-0.2, 0) is 0 Å². The molecule has 0 saturated carbocycles. The second kappa shape index (κ2) is 9.39. The zero-order valence-electron chi connectivity index (χ0n) is 16.6. The first-order chi connectivity index (χ1) is 14.0. The van der Waals surface area contributed by atoms with Crippen molar-refractivity contribution in [1.29, 1.82) is 0 Å². The van der Waals surface area contributed by atoms with Crippen LogP contribution in [0, 0.1) is 5.92 Å². The average Bonchev–Trinajstić information content (AvgIpc) is 3.27. The second-order valence-corrected chi connectivity index (χ2v) is 7.92. The number of ether oxygens (including phenoxy) is 1. The van der Waals surface area contributed by atoms with Crippen molar-refractivity contribution >= 4 is 28.8 Å². The lowest BCUT2D eigenvalue weighted by atomic mass is 9.95. The van der Waals surface area contributed by atoms with Crippen molar-refractivity contribution in [3.8, 4) is 5.75 Å². The monoisotopic (exact) mass is 408 g/mol. The van der Waals surface area contributed by atoms with E-state index in [1.807, 2.05) is 35.7 Å². The Labute approximate surface area is 174 Å². The van der Waals surface area contributed by atoms with Crippen LogP contribution in [0.25, 0.3) is 0 Å². The smallest absolute Gasteiger partial charge is 0.265 e. The van der Waals surface area contributed by atoms with E-state index >= 15 is 0 Å². The zero-order chi connectivity index (χ0) is 20.8. The summed E-state index contributed by atoms with van der Waals surface area (Å²) in [4.78, 5) is 25.5. The molecule has 6 heteroatoms. The van der Waals surface area contributed by atoms with Crippen LogP contribution in [0.15, 0.2) is 66.0 Å². The Morgan fingerprint density at radius 1 is 0.931 bits per heavy atom. The van der Waals surface area contributed by atoms with Crippen LogP contribution in [0.5, 0.6) is 5.75 Å². The van der Waals surface area contributed by atoms with Gasteiger partial charge in [-0.25, -0.2) is 0 Å². The summed E-state index contributed by atoms with van der Waals surface area (Å²) in [5.41, 5.74) is 2.21. The fraction of sp³-hybridized carbons (Fsp3) is 0.217. The zero-order valence-corrected chi connectivity index (χ0v) is 17.5. The number of hydrogen-bond donors (Lipinski definition) is 2. The van der Waals surface area contributed by atoms with Crippen LogP contribution in [0.3, 0.4) is 0 Å². The molecule has 0 aliphatic rings. The third-order valence-corrected chi connectivity index (χ3v) is 5.45. The van der Waals surface area contributed by atoms with Crippen molar-refractivity contribution in [1.82, 2.24) is 5.32 Å². The van der Waals surface area contributed by atoms with Crippen molar-refractivity contribution in [3.05, 3.63) is 82.0 Å². The van der Waals surface area contributed by atoms with Crippen molar-refractivity contribution < 1.29 is 14.3 Å². The fourth-order valence-corrected chi connectivity index (χ4v) is 3.60. The Morgan fingerprint density at radius 3 is 2.17 bits per heavy atom. The molecule has 0 fully saturated rings. The summed E-state index contributed by atoms with van der Waals surface area (Å²) < 4.78 is 5.21. The Morgan fingerprint density at radius 2 is 1.62 bits per heavy atom. The molecule has 150 valence electrons. The van der Waals surface area contributed by atoms with E-state index in [0.717, 1.165) is 11.3 Å². The largest absolute Gasteiger partial charge is 0.497 e. The normalized spacial score (nSPS) is 11.7. The van der Waals surface area contributed by atoms with Crippen LogP contribution < -0.4 is 15.4 Å². The van der Waals surface area contributed by atoms with Gasteiger partial charge in [-0.1, -0.05) is 32.0 Å². The van der Waals surface area contributed by atoms with E-state index in [2.05, 4.69) is 24.5 Å². The van der Waals surface area contributed by atoms with E-state index in [1.54, 1.807) is 37.4 Å². The molecule has 0 spiro atoms. The van der Waals surface area contributed by atoms with Crippen LogP contribution >= 0.6 is 11.3 Å². The molecule has 0 saturated heterocycles. The first-order valence-electron chi connectivity index (χ1n) is 9.37. The molecule has 0 radical (unpaired) electrons. The molecule has 1 unspecified atom stereocenters. The molecule has 5 nitrogen and oxygen atoms in total. The van der Waals surface area contributed by atoms with E-state index in [0.29, 0.717) is 16.1 Å². The number of nitrogens with one attached hydrogen (secondary N) is 2. The quantitative estimate of drug-likeness (QED) is 0.569. The minimum Gasteiger partial charge on any atom is -0.497 e. The van der Waals surface area contributed by atoms with Gasteiger partial charge in [0.1, 0.15) is 5.75 Å². The molecule has 2 amide bonds. The van der Waals surface area contributed by atoms with Crippen molar-refractivity contribution in [2.24, 2.45) is 5.92 Å². The van der Waals surface area contributed by atoms with Gasteiger partial charge in [-0.3, -0.25) is 9.59 Å². The molecule has 1 aromatic heterocycles. The molecule has 3 aromatic rings. The van der Waals surface area contributed by atoms with Gasteiger partial charge in [0.05, 0.1) is 18.0 Å². The van der Waals surface area contributed by atoms with Gasteiger partial charge >= 0.3 is 0 Å². The lowest BCUT2D eigenvalue weighted by Gasteiger charge is -2.23. The SMILES string of the molecule is COc1ccc(C(NC(=O)c2ccc(NC(=O)c3cccs3)cc2)C(C)C)cc1. The van der Waals surface area contributed by atoms with Gasteiger partial charge < -0.3 is 15.4 Å². The molecule has 2 aromatic carbocycles. The van der Waals surface area contributed by atoms with E-state index in [1.165, 1.54) is 11.3 Å². The summed E-state index contributed by atoms with van der Waals surface area (Å²) in [5.74, 6) is 0.687. The van der Waals surface area contributed by atoms with Gasteiger partial charge in [-0.2, -0.15) is 0 Å². The molecular weight excluding hydrogens is 384 g/mol. The van der Waals surface area contributed by atoms with Crippen LogP contribution in [-0.4, -0.2) is 18.9 Å². The Balaban J connectivity index is 1.67. The summed E-state index contributed by atoms with van der Waals surface area (Å²) in [7, 11) is 1.63. The van der Waals surface area contributed by atoms with Gasteiger partial charge in [-0.15, -0.1) is 11.3 Å². The number of amides is 2. The highest BCUT2D eigenvalue weighted by molar-refractivity contribution is 7.12. The average molecular weight is 409 g/mol. The first kappa shape index (κ1) is 20.6. The third kappa shape index (κ3) is 5.23. The molecular formula is C23H24N2O3S. The topological polar surface area (TPSA) is 67.4 Å². The number of hydrogen-bond acceptors (Lipinski definition) is 4. The van der Waals surface area contributed by atoms with Crippen LogP contribution in [0.1, 0.15) is 45.5 Å². The summed E-state index contributed by atoms with van der Waals surface area (Å²) in [6.07, 6.45) is 0. The first-order valence-corrected chi connectivity index (χ1v) is 10.3. The summed E-state index contributed by atoms with van der Waals surface area (Å²) in [5, 5.41) is 7.80. The minimum atomic E-state index is -0.157. The maximum atomic E-state index is 12.8. The number of methoxy groups -OCH3 is 1. The molecule has 0 bridgehead atoms. The number of anilines is 1. The number of carbonyl (C=O) groups is 2. The van der Waals surface area contributed by atoms with E-state index in [-0.39, 0.29) is 23.8 Å². The van der Waals surface area contributed by atoms with Crippen LogP contribution in [0.2, 0.25) is 0 Å². The Hall–Kier alpha value is -3.12. The number of carbonyl (C=O) groups excluding carboxylic acids is 2. The lowest BCUT2D eigenvalue weighted by Crippen LogP contribution is -2.31. The highest BCUT2D eigenvalue weighted by atomic mass is 32.1. The molecule has 29 heavy (non-hydrogen) atoms. The van der Waals surface area contributed by atoms with Crippen molar-refractivity contribution in [2.45, 2.75) is 19.9 Å². The van der Waals surface area contributed by atoms with Crippen molar-refractivity contribution in [3.63, 3.8) is 0 Å². The Kier molecular flexibility index (Phi) is 6.67. The highest BCUT2D eigenvalue weighted by Crippen LogP contribution is 2.24. The predicted octanol–water partition coefficient (Wildman–Crippen LogP) is 5.14. The van der Waals surface area contributed by atoms with Gasteiger partial charge in [0.15, 0.2) is 0 Å². The molecule has 3 rings (SSSR count). The van der Waals surface area contributed by atoms with Crippen LogP contribution in [0.4, 0.5) is 5.69 Å².